The van der Waals surface area contributed by atoms with E-state index in [1.54, 1.807) is 6.07 Å². The lowest BCUT2D eigenvalue weighted by Crippen LogP contribution is -2.11. The van der Waals surface area contributed by atoms with Gasteiger partial charge in [0.1, 0.15) is 12.1 Å². The Morgan fingerprint density at radius 1 is 1.38 bits per heavy atom. The number of terminal acetylenes is 1. The maximum atomic E-state index is 10.9. The molecule has 0 spiro atoms. The summed E-state index contributed by atoms with van der Waals surface area (Å²) in [5.74, 6) is 1.48. The Morgan fingerprint density at radius 3 is 2.57 bits per heavy atom. The summed E-state index contributed by atoms with van der Waals surface area (Å²) in [6.45, 7) is -0.0169. The van der Waals surface area contributed by atoms with Gasteiger partial charge in [0, 0.05) is 18.8 Å². The molecule has 0 bridgehead atoms. The monoisotopic (exact) mass is 308 g/mol. The van der Waals surface area contributed by atoms with Crippen LogP contribution in [0.3, 0.4) is 0 Å². The third kappa shape index (κ3) is 8.82. The van der Waals surface area contributed by atoms with Crippen LogP contribution in [0.1, 0.15) is 6.42 Å². The molecule has 1 aromatic heterocycles. The number of carbonyl (C=O) groups is 1. The van der Waals surface area contributed by atoms with E-state index in [0.29, 0.717) is 0 Å². The van der Waals surface area contributed by atoms with Crippen LogP contribution in [0.2, 0.25) is 0 Å². The Kier molecular flexibility index (Phi) is 8.67. The Labute approximate surface area is 122 Å². The molecule has 0 aromatic carbocycles. The number of nitrogens with zero attached hydrogens (tertiary/aromatic N) is 4. The van der Waals surface area contributed by atoms with E-state index in [9.17, 15) is 13.2 Å². The van der Waals surface area contributed by atoms with Gasteiger partial charge in [0.2, 0.25) is 0 Å². The number of hydrogen-bond donors (Lipinski definition) is 0. The van der Waals surface area contributed by atoms with E-state index in [-0.39, 0.29) is 18.8 Å². The van der Waals surface area contributed by atoms with E-state index >= 15 is 0 Å². The van der Waals surface area contributed by atoms with Gasteiger partial charge in [0.15, 0.2) is 16.4 Å². The molecule has 0 saturated heterocycles. The van der Waals surface area contributed by atoms with E-state index in [1.807, 2.05) is 0 Å². The summed E-state index contributed by atoms with van der Waals surface area (Å²) in [5, 5.41) is 16.0. The van der Waals surface area contributed by atoms with Crippen molar-refractivity contribution in [2.24, 2.45) is 0 Å². The summed E-state index contributed by atoms with van der Waals surface area (Å²) in [6, 6.07) is 3.21. The van der Waals surface area contributed by atoms with Crippen LogP contribution in [0.15, 0.2) is 18.7 Å². The number of aromatic nitrogens is 2. The van der Waals surface area contributed by atoms with E-state index in [2.05, 4.69) is 15.6 Å². The molecule has 0 aliphatic heterocycles. The summed E-state index contributed by atoms with van der Waals surface area (Å²) >= 11 is 0. The first-order valence-corrected chi connectivity index (χ1v) is 7.32. The Bertz CT molecular complexity index is 660. The van der Waals surface area contributed by atoms with E-state index < -0.39 is 21.7 Å². The maximum Gasteiger partial charge on any atom is 0.420 e. The summed E-state index contributed by atoms with van der Waals surface area (Å²) in [7, 11) is -3.28. The average molecular weight is 308 g/mol. The highest BCUT2D eigenvalue weighted by Gasteiger charge is 2.07. The lowest BCUT2D eigenvalue weighted by atomic mass is 10.6. The molecule has 0 radical (unpaired) electrons. The minimum Gasteiger partial charge on any atom is -0.436 e. The largest absolute Gasteiger partial charge is 0.436 e. The minimum atomic E-state index is -3.28. The average Bonchev–Trinajstić information content (AvgIpc) is 2.97. The fraction of sp³-hybridized carbons (Fsp3) is 0.333. The zero-order valence-electron chi connectivity index (χ0n) is 11.0. The van der Waals surface area contributed by atoms with Gasteiger partial charge in [-0.05, 0) is 0 Å². The zero-order chi connectivity index (χ0) is 16.1. The number of nitriles is 2. The van der Waals surface area contributed by atoms with Crippen LogP contribution >= 0.6 is 0 Å². The summed E-state index contributed by atoms with van der Waals surface area (Å²) in [4.78, 5) is 14.5. The molecule has 0 aliphatic rings. The molecular formula is C12H12N4O4S. The first-order valence-electron chi connectivity index (χ1n) is 5.49. The Morgan fingerprint density at radius 2 is 2.10 bits per heavy atom. The topological polar surface area (TPSA) is 126 Å². The lowest BCUT2D eigenvalue weighted by molar-refractivity contribution is 0.162. The van der Waals surface area contributed by atoms with Crippen LogP contribution in [0, 0.1) is 35.0 Å². The molecule has 110 valence electrons. The predicted molar refractivity (Wildman–Crippen MR) is 72.3 cm³/mol. The van der Waals surface area contributed by atoms with Crippen molar-refractivity contribution in [3.63, 3.8) is 0 Å². The van der Waals surface area contributed by atoms with Crippen molar-refractivity contribution in [3.8, 4) is 24.5 Å². The van der Waals surface area contributed by atoms with Gasteiger partial charge in [-0.1, -0.05) is 5.92 Å². The fourth-order valence-electron chi connectivity index (χ4n) is 0.917. The molecule has 0 fully saturated rings. The van der Waals surface area contributed by atoms with Gasteiger partial charge in [-0.15, -0.1) is 6.42 Å². The molecule has 1 rings (SSSR count). The smallest absolute Gasteiger partial charge is 0.420 e. The second-order valence-corrected chi connectivity index (χ2v) is 5.57. The standard InChI is InChI=1S/C7H6N2O2.C5H6N2O2S/c1-2-5-11-7(10)9-4-3-8-6-9;6-2-1-4-10(8,9)5-3-7/h1,3-4,6H,5H2;1,4-5H2. The number of rotatable bonds is 4. The van der Waals surface area contributed by atoms with Crippen molar-refractivity contribution in [1.29, 1.82) is 10.5 Å². The van der Waals surface area contributed by atoms with Crippen LogP contribution in [0.25, 0.3) is 0 Å². The molecule has 0 N–H and O–H groups in total. The lowest BCUT2D eigenvalue weighted by Gasteiger charge is -1.98. The molecule has 0 unspecified atom stereocenters. The van der Waals surface area contributed by atoms with Crippen molar-refractivity contribution >= 4 is 15.9 Å². The van der Waals surface area contributed by atoms with E-state index in [4.69, 9.17) is 16.9 Å². The first kappa shape index (κ1) is 18.2. The van der Waals surface area contributed by atoms with Crippen LogP contribution in [-0.2, 0) is 14.6 Å². The normalized spacial score (nSPS) is 9.19. The molecule has 8 nitrogen and oxygen atoms in total. The van der Waals surface area contributed by atoms with E-state index in [1.165, 1.54) is 29.4 Å². The Balaban J connectivity index is 0.000000384. The molecule has 0 saturated carbocycles. The highest BCUT2D eigenvalue weighted by Crippen LogP contribution is 1.91. The van der Waals surface area contributed by atoms with Gasteiger partial charge in [-0.3, -0.25) is 0 Å². The summed E-state index contributed by atoms with van der Waals surface area (Å²) in [5.41, 5.74) is 0. The van der Waals surface area contributed by atoms with Gasteiger partial charge in [0.25, 0.3) is 0 Å². The van der Waals surface area contributed by atoms with Gasteiger partial charge in [-0.2, -0.15) is 10.5 Å². The molecule has 1 heterocycles. The summed E-state index contributed by atoms with van der Waals surface area (Å²) in [6.07, 6.45) is 8.64. The number of hydrogen-bond acceptors (Lipinski definition) is 7. The third-order valence-corrected chi connectivity index (χ3v) is 3.20. The summed E-state index contributed by atoms with van der Waals surface area (Å²) < 4.78 is 27.0. The van der Waals surface area contributed by atoms with Gasteiger partial charge in [-0.25, -0.2) is 22.8 Å². The molecule has 21 heavy (non-hydrogen) atoms. The second-order valence-electron chi connectivity index (χ2n) is 3.39. The molecule has 9 heteroatoms. The molecule has 0 atom stereocenters. The van der Waals surface area contributed by atoms with Gasteiger partial charge < -0.3 is 4.74 Å². The van der Waals surface area contributed by atoms with Crippen LogP contribution in [-0.4, -0.2) is 42.2 Å². The van der Waals surface area contributed by atoms with Crippen LogP contribution < -0.4 is 0 Å². The number of ether oxygens (including phenoxy) is 1. The highest BCUT2D eigenvalue weighted by atomic mass is 32.2. The SMILES string of the molecule is C#CCOC(=O)n1ccnc1.N#CCCS(=O)(=O)CC#N. The van der Waals surface area contributed by atoms with E-state index in [0.717, 1.165) is 0 Å². The fourth-order valence-corrected chi connectivity index (χ4v) is 1.66. The van der Waals surface area contributed by atoms with Crippen molar-refractivity contribution in [3.05, 3.63) is 18.7 Å². The van der Waals surface area contributed by atoms with Crippen molar-refractivity contribution < 1.29 is 17.9 Å². The molecule has 1 aromatic rings. The molecular weight excluding hydrogens is 296 g/mol. The second kappa shape index (κ2) is 10.0. The highest BCUT2D eigenvalue weighted by molar-refractivity contribution is 7.91. The van der Waals surface area contributed by atoms with Crippen LogP contribution in [0.5, 0.6) is 0 Å². The van der Waals surface area contributed by atoms with Gasteiger partial charge >= 0.3 is 6.09 Å². The number of carbonyl (C=O) groups excluding carboxylic acids is 1. The molecule has 0 amide bonds. The van der Waals surface area contributed by atoms with Crippen molar-refractivity contribution in [1.82, 2.24) is 9.55 Å². The first-order chi connectivity index (χ1) is 9.96. The van der Waals surface area contributed by atoms with Crippen molar-refractivity contribution in [2.75, 3.05) is 18.1 Å². The van der Waals surface area contributed by atoms with Crippen molar-refractivity contribution in [2.45, 2.75) is 6.42 Å². The third-order valence-electron chi connectivity index (χ3n) is 1.80. The predicted octanol–water partition coefficient (Wildman–Crippen LogP) is 0.339. The number of imidazole rings is 1. The van der Waals surface area contributed by atoms with Gasteiger partial charge in [0.05, 0.1) is 17.9 Å². The molecule has 0 aliphatic carbocycles. The quantitative estimate of drug-likeness (QED) is 0.734. The Hall–Kier alpha value is -2.83. The minimum absolute atomic E-state index is 0.0169. The number of sulfone groups is 1. The van der Waals surface area contributed by atoms with Crippen LogP contribution in [0.4, 0.5) is 4.79 Å². The zero-order valence-corrected chi connectivity index (χ0v) is 11.8. The maximum absolute atomic E-state index is 10.9.